The van der Waals surface area contributed by atoms with Crippen LogP contribution < -0.4 is 0 Å². The molecule has 18 heavy (non-hydrogen) atoms. The second kappa shape index (κ2) is 4.64. The predicted octanol–water partition coefficient (Wildman–Crippen LogP) is 3.24. The van der Waals surface area contributed by atoms with Crippen molar-refractivity contribution in [2.75, 3.05) is 0 Å². The Hall–Kier alpha value is -2.11. The molecule has 2 heteroatoms. The molecule has 0 bridgehead atoms. The zero-order chi connectivity index (χ0) is 12.4. The minimum absolute atomic E-state index is 0.193. The average molecular weight is 235 g/mol. The van der Waals surface area contributed by atoms with Gasteiger partial charge in [-0.3, -0.25) is 0 Å². The second-order valence-electron chi connectivity index (χ2n) is 4.48. The fourth-order valence-corrected chi connectivity index (χ4v) is 2.26. The Bertz CT molecular complexity index is 586. The Labute approximate surface area is 106 Å². The molecule has 0 aromatic heterocycles. The normalized spacial score (nSPS) is 21.3. The van der Waals surface area contributed by atoms with Crippen molar-refractivity contribution < 1.29 is 4.74 Å². The number of ether oxygens (including phenoxy) is 1. The van der Waals surface area contributed by atoms with Gasteiger partial charge in [-0.1, -0.05) is 48.5 Å². The van der Waals surface area contributed by atoms with Crippen LogP contribution in [0.4, 0.5) is 0 Å². The van der Waals surface area contributed by atoms with Crippen molar-refractivity contribution in [1.29, 1.82) is 5.26 Å². The lowest BCUT2D eigenvalue weighted by Crippen LogP contribution is -1.97. The molecular formula is C16H13NO. The molecule has 2 aromatic rings. The van der Waals surface area contributed by atoms with Gasteiger partial charge in [-0.05, 0) is 17.2 Å². The third-order valence-electron chi connectivity index (χ3n) is 3.27. The van der Waals surface area contributed by atoms with E-state index in [-0.39, 0.29) is 12.2 Å². The van der Waals surface area contributed by atoms with Gasteiger partial charge in [-0.15, -0.1) is 0 Å². The lowest BCUT2D eigenvalue weighted by molar-refractivity contribution is 0.373. The van der Waals surface area contributed by atoms with Crippen LogP contribution in [0.1, 0.15) is 22.8 Å². The van der Waals surface area contributed by atoms with Crippen LogP contribution in [0.3, 0.4) is 0 Å². The van der Waals surface area contributed by atoms with Crippen LogP contribution >= 0.6 is 0 Å². The van der Waals surface area contributed by atoms with Crippen LogP contribution in [0.2, 0.25) is 0 Å². The number of nitriles is 1. The molecule has 0 radical (unpaired) electrons. The molecule has 2 atom stereocenters. The van der Waals surface area contributed by atoms with E-state index in [1.54, 1.807) is 0 Å². The maximum atomic E-state index is 9.04. The zero-order valence-electron chi connectivity index (χ0n) is 9.91. The van der Waals surface area contributed by atoms with Crippen molar-refractivity contribution in [3.8, 4) is 6.07 Å². The molecule has 0 amide bonds. The minimum atomic E-state index is 0.193. The highest BCUT2D eigenvalue weighted by Crippen LogP contribution is 2.40. The van der Waals surface area contributed by atoms with Crippen LogP contribution in [-0.2, 0) is 11.2 Å². The highest BCUT2D eigenvalue weighted by atomic mass is 16.6. The first-order valence-electron chi connectivity index (χ1n) is 6.07. The molecule has 1 heterocycles. The molecular weight excluding hydrogens is 222 g/mol. The molecule has 2 aromatic carbocycles. The zero-order valence-corrected chi connectivity index (χ0v) is 9.91. The van der Waals surface area contributed by atoms with E-state index in [1.165, 1.54) is 5.56 Å². The summed E-state index contributed by atoms with van der Waals surface area (Å²) in [6.07, 6.45) is 1.21. The van der Waals surface area contributed by atoms with Gasteiger partial charge < -0.3 is 4.74 Å². The van der Waals surface area contributed by atoms with Crippen LogP contribution in [0.25, 0.3) is 0 Å². The topological polar surface area (TPSA) is 36.3 Å². The van der Waals surface area contributed by atoms with Gasteiger partial charge in [0.2, 0.25) is 0 Å². The summed E-state index contributed by atoms with van der Waals surface area (Å²) in [7, 11) is 0. The second-order valence-corrected chi connectivity index (χ2v) is 4.48. The van der Waals surface area contributed by atoms with Crippen molar-refractivity contribution in [3.63, 3.8) is 0 Å². The third kappa shape index (κ3) is 2.13. The Morgan fingerprint density at radius 3 is 2.50 bits per heavy atom. The fraction of sp³-hybridized carbons (Fsp3) is 0.188. The Morgan fingerprint density at radius 1 is 1.00 bits per heavy atom. The monoisotopic (exact) mass is 235 g/mol. The highest BCUT2D eigenvalue weighted by molar-refractivity contribution is 5.38. The van der Waals surface area contributed by atoms with Gasteiger partial charge in [-0.25, -0.2) is 0 Å². The largest absolute Gasteiger partial charge is 0.364 e. The number of hydrogen-bond donors (Lipinski definition) is 0. The van der Waals surface area contributed by atoms with Crippen LogP contribution in [-0.4, -0.2) is 6.10 Å². The van der Waals surface area contributed by atoms with E-state index in [2.05, 4.69) is 18.2 Å². The van der Waals surface area contributed by atoms with Gasteiger partial charge >= 0.3 is 0 Å². The minimum Gasteiger partial charge on any atom is -0.364 e. The van der Waals surface area contributed by atoms with Gasteiger partial charge in [0.05, 0.1) is 17.7 Å². The molecule has 1 fully saturated rings. The van der Waals surface area contributed by atoms with Gasteiger partial charge in [-0.2, -0.15) is 5.26 Å². The lowest BCUT2D eigenvalue weighted by atomic mass is 10.0. The van der Waals surface area contributed by atoms with E-state index >= 15 is 0 Å². The van der Waals surface area contributed by atoms with Crippen molar-refractivity contribution in [2.24, 2.45) is 0 Å². The summed E-state index contributed by atoms with van der Waals surface area (Å²) >= 11 is 0. The molecule has 1 saturated heterocycles. The standard InChI is InChI=1S/C16H13NO/c17-11-14-9-5-4-8-13(14)10-15-16(18-15)12-6-2-1-3-7-12/h1-9,15-16H,10H2/t15-,16-/m0/s1. The van der Waals surface area contributed by atoms with E-state index in [0.717, 1.165) is 17.5 Å². The van der Waals surface area contributed by atoms with E-state index in [4.69, 9.17) is 10.00 Å². The van der Waals surface area contributed by atoms with Crippen LogP contribution in [0.5, 0.6) is 0 Å². The summed E-state index contributed by atoms with van der Waals surface area (Å²) in [5, 5.41) is 9.04. The Balaban J connectivity index is 1.72. The molecule has 1 aliphatic rings. The number of rotatable bonds is 3. The maximum Gasteiger partial charge on any atom is 0.109 e. The lowest BCUT2D eigenvalue weighted by Gasteiger charge is -2.00. The molecule has 1 aliphatic heterocycles. The molecule has 2 nitrogen and oxygen atoms in total. The van der Waals surface area contributed by atoms with E-state index < -0.39 is 0 Å². The van der Waals surface area contributed by atoms with Gasteiger partial charge in [0.25, 0.3) is 0 Å². The number of epoxide rings is 1. The van der Waals surface area contributed by atoms with Crippen LogP contribution in [0, 0.1) is 11.3 Å². The molecule has 0 aliphatic carbocycles. The number of nitrogens with zero attached hydrogens (tertiary/aromatic N) is 1. The Kier molecular flexibility index (Phi) is 2.84. The quantitative estimate of drug-likeness (QED) is 0.766. The predicted molar refractivity (Wildman–Crippen MR) is 68.9 cm³/mol. The van der Waals surface area contributed by atoms with Crippen molar-refractivity contribution >= 4 is 0 Å². The fourth-order valence-electron chi connectivity index (χ4n) is 2.26. The summed E-state index contributed by atoms with van der Waals surface area (Å²) in [4.78, 5) is 0. The maximum absolute atomic E-state index is 9.04. The number of hydrogen-bond acceptors (Lipinski definition) is 2. The summed E-state index contributed by atoms with van der Waals surface area (Å²) in [6, 6.07) is 20.2. The first-order valence-corrected chi connectivity index (χ1v) is 6.07. The molecule has 88 valence electrons. The van der Waals surface area contributed by atoms with Crippen molar-refractivity contribution in [1.82, 2.24) is 0 Å². The van der Waals surface area contributed by atoms with E-state index in [9.17, 15) is 0 Å². The average Bonchev–Trinajstić information content (AvgIpc) is 3.20. The first kappa shape index (κ1) is 11.0. The molecule has 0 saturated carbocycles. The molecule has 0 N–H and O–H groups in total. The smallest absolute Gasteiger partial charge is 0.109 e. The summed E-state index contributed by atoms with van der Waals surface area (Å²) in [5.41, 5.74) is 3.04. The van der Waals surface area contributed by atoms with Gasteiger partial charge in [0.1, 0.15) is 6.10 Å². The molecule has 3 rings (SSSR count). The molecule has 0 spiro atoms. The first-order chi connectivity index (χ1) is 8.88. The SMILES string of the molecule is N#Cc1ccccc1C[C@@H]1O[C@H]1c1ccccc1. The van der Waals surface area contributed by atoms with E-state index in [0.29, 0.717) is 0 Å². The van der Waals surface area contributed by atoms with E-state index in [1.807, 2.05) is 42.5 Å². The van der Waals surface area contributed by atoms with Gasteiger partial charge in [0.15, 0.2) is 0 Å². The summed E-state index contributed by atoms with van der Waals surface area (Å²) in [5.74, 6) is 0. The Morgan fingerprint density at radius 2 is 1.72 bits per heavy atom. The van der Waals surface area contributed by atoms with Crippen molar-refractivity contribution in [3.05, 3.63) is 71.3 Å². The van der Waals surface area contributed by atoms with Crippen molar-refractivity contribution in [2.45, 2.75) is 18.6 Å². The van der Waals surface area contributed by atoms with Gasteiger partial charge in [0, 0.05) is 6.42 Å². The third-order valence-corrected chi connectivity index (χ3v) is 3.27. The summed E-state index contributed by atoms with van der Waals surface area (Å²) < 4.78 is 5.70. The molecule has 0 unspecified atom stereocenters. The summed E-state index contributed by atoms with van der Waals surface area (Å²) in [6.45, 7) is 0. The van der Waals surface area contributed by atoms with Crippen LogP contribution in [0.15, 0.2) is 54.6 Å². The highest BCUT2D eigenvalue weighted by Gasteiger charge is 2.40. The number of benzene rings is 2.